The van der Waals surface area contributed by atoms with Gasteiger partial charge < -0.3 is 56.8 Å². The van der Waals surface area contributed by atoms with Gasteiger partial charge in [-0.3, -0.25) is 4.79 Å². The molecule has 10 aliphatic rings. The third kappa shape index (κ3) is 12.7. The molecule has 97 heavy (non-hydrogen) atoms. The summed E-state index contributed by atoms with van der Waals surface area (Å²) in [5.41, 5.74) is 15.4. The van der Waals surface area contributed by atoms with Gasteiger partial charge >= 0.3 is 5.97 Å². The van der Waals surface area contributed by atoms with Gasteiger partial charge in [0.2, 0.25) is 6.29 Å². The number of ether oxygens (including phenoxy) is 12. The van der Waals surface area contributed by atoms with Crippen LogP contribution in [-0.2, 0) is 88.1 Å². The van der Waals surface area contributed by atoms with Crippen molar-refractivity contribution < 1.29 is 61.6 Å². The summed E-state index contributed by atoms with van der Waals surface area (Å²) in [4.78, 5) is 20.0. The summed E-state index contributed by atoms with van der Waals surface area (Å²) in [6.07, 6.45) is 3.50. The van der Waals surface area contributed by atoms with Crippen LogP contribution in [0, 0.1) is 68.0 Å². The van der Waals surface area contributed by atoms with Crippen molar-refractivity contribution in [3.05, 3.63) is 166 Å². The molecule has 0 amide bonds. The van der Waals surface area contributed by atoms with Gasteiger partial charge in [-0.05, 0) is 169 Å². The number of esters is 1. The van der Waals surface area contributed by atoms with Crippen LogP contribution in [0.15, 0.2) is 138 Å². The zero-order valence-electron chi connectivity index (χ0n) is 59.3. The Hall–Kier alpha value is -5.04. The second-order valence-electron chi connectivity index (χ2n) is 33.1. The number of allylic oxidation sites excluding steroid dienone is 2. The number of nitrogens with zero attached hydrogens (tertiary/aromatic N) is 3. The van der Waals surface area contributed by atoms with Crippen LogP contribution in [0.4, 0.5) is 0 Å². The number of carbonyl (C=O) groups is 1. The molecule has 2 bridgehead atoms. The Morgan fingerprint density at radius 3 is 1.88 bits per heavy atom. The van der Waals surface area contributed by atoms with Crippen molar-refractivity contribution in [2.45, 2.75) is 259 Å². The molecule has 9 fully saturated rings. The maximum Gasteiger partial charge on any atom is 0.315 e. The van der Waals surface area contributed by atoms with Crippen LogP contribution in [0.2, 0.25) is 0 Å². The number of carbonyl (C=O) groups excluding carboxylic acids is 1. The minimum atomic E-state index is -1.42. The normalized spacial score (nSPS) is 42.4. The standard InChI is InChI=1S/C81H107N3O13/c1-50-25-24-35-78(10)58(51(50)2)34-36-81-63(78)43-77(81,9)42-59-60-41-75(5,6)37-39-80(60,40-38-79(59,81)11)74(85)95-72-65(52(3)64(83-84-82)61(92-72)48-86-44-54-26-16-12-17-27-54)93-73-70-68(89-47-57-32-22-15-23-33-57)66(53(4)91-73)94-71-69(96-76(7,8)97-70)67(88-46-56-30-20-14-21-31-56)62(49-90-71)87-45-55-28-18-13-19-29-55/h12-23,26-33,42,50-53,58,60-73H,24-25,34-41,43-49H2,1-11H3/t50-,51?,52?,53+,58-,60?,61-,62?,63?,64?,65?,66?,67?,68?,69?,70?,71-,72-,73-,77?,78?,79+,80?,81-/m0/s1. The van der Waals surface area contributed by atoms with E-state index >= 15 is 4.79 Å². The first kappa shape index (κ1) is 69.1. The topological polar surface area (TPSA) is 177 Å². The van der Waals surface area contributed by atoms with Gasteiger partial charge in [0.25, 0.3) is 0 Å². The zero-order chi connectivity index (χ0) is 67.7. The molecule has 0 aromatic heterocycles. The summed E-state index contributed by atoms with van der Waals surface area (Å²) >= 11 is 0. The molecule has 15 unspecified atom stereocenters. The van der Waals surface area contributed by atoms with Crippen molar-refractivity contribution in [1.29, 1.82) is 0 Å². The molecule has 4 aliphatic heterocycles. The number of azide groups is 1. The maximum atomic E-state index is 16.5. The van der Waals surface area contributed by atoms with E-state index in [2.05, 4.69) is 64.6 Å². The van der Waals surface area contributed by atoms with Crippen molar-refractivity contribution in [3.63, 3.8) is 0 Å². The fourth-order valence-corrected chi connectivity index (χ4v) is 21.2. The quantitative estimate of drug-likeness (QED) is 0.0303. The summed E-state index contributed by atoms with van der Waals surface area (Å²) in [6, 6.07) is 39.2. The second-order valence-corrected chi connectivity index (χ2v) is 33.1. The summed E-state index contributed by atoms with van der Waals surface area (Å²) in [7, 11) is 0. The fraction of sp³-hybridized carbons (Fsp3) is 0.667. The summed E-state index contributed by atoms with van der Waals surface area (Å²) in [6.45, 7) is 26.7. The Morgan fingerprint density at radius 1 is 0.619 bits per heavy atom. The van der Waals surface area contributed by atoms with Gasteiger partial charge in [0.05, 0.1) is 63.3 Å². The van der Waals surface area contributed by atoms with Gasteiger partial charge in [-0.25, -0.2) is 0 Å². The van der Waals surface area contributed by atoms with Crippen molar-refractivity contribution >= 4 is 5.97 Å². The predicted molar refractivity (Wildman–Crippen MR) is 366 cm³/mol. The molecular formula is C81H107N3O13. The molecule has 4 aromatic rings. The van der Waals surface area contributed by atoms with E-state index in [1.54, 1.807) is 0 Å². The van der Waals surface area contributed by atoms with E-state index in [4.69, 9.17) is 56.8 Å². The molecule has 16 nitrogen and oxygen atoms in total. The van der Waals surface area contributed by atoms with E-state index in [9.17, 15) is 5.53 Å². The molecule has 4 heterocycles. The number of rotatable bonds is 18. The molecule has 4 aromatic carbocycles. The Balaban J connectivity index is 0.797. The molecule has 6 aliphatic carbocycles. The van der Waals surface area contributed by atoms with Gasteiger partial charge in [-0.2, -0.15) is 0 Å². The third-order valence-electron chi connectivity index (χ3n) is 26.5. The maximum absolute atomic E-state index is 16.5. The summed E-state index contributed by atoms with van der Waals surface area (Å²) < 4.78 is 84.9. The molecule has 4 saturated heterocycles. The molecule has 0 radical (unpaired) electrons. The zero-order valence-corrected chi connectivity index (χ0v) is 59.3. The minimum absolute atomic E-state index is 0.00359. The average molecular weight is 1330 g/mol. The molecule has 14 rings (SSSR count). The Bertz CT molecular complexity index is 3450. The van der Waals surface area contributed by atoms with Gasteiger partial charge in [0.15, 0.2) is 18.4 Å². The molecule has 1 spiro atoms. The predicted octanol–water partition coefficient (Wildman–Crippen LogP) is 16.4. The first-order valence-electron chi connectivity index (χ1n) is 36.7. The number of benzene rings is 4. The highest BCUT2D eigenvalue weighted by atomic mass is 16.8. The van der Waals surface area contributed by atoms with E-state index in [1.165, 1.54) is 44.1 Å². The van der Waals surface area contributed by atoms with Crippen LogP contribution in [0.5, 0.6) is 0 Å². The number of fused-ring (bicyclic) bond motifs is 8. The third-order valence-corrected chi connectivity index (χ3v) is 26.5. The van der Waals surface area contributed by atoms with Gasteiger partial charge in [0, 0.05) is 4.91 Å². The van der Waals surface area contributed by atoms with Gasteiger partial charge in [0.1, 0.15) is 42.7 Å². The lowest BCUT2D eigenvalue weighted by Gasteiger charge is -2.75. The van der Waals surface area contributed by atoms with Crippen molar-refractivity contribution in [2.24, 2.45) is 73.1 Å². The van der Waals surface area contributed by atoms with Crippen LogP contribution in [0.3, 0.4) is 0 Å². The average Bonchev–Trinajstić information content (AvgIpc) is 1.51. The first-order valence-corrected chi connectivity index (χ1v) is 36.7. The van der Waals surface area contributed by atoms with Crippen molar-refractivity contribution in [2.75, 3.05) is 13.2 Å². The molecule has 5 saturated carbocycles. The monoisotopic (exact) mass is 1330 g/mol. The Kier molecular flexibility index (Phi) is 19.5. The van der Waals surface area contributed by atoms with E-state index in [1.807, 2.05) is 149 Å². The number of hydrogen-bond donors (Lipinski definition) is 0. The first-order chi connectivity index (χ1) is 46.6. The van der Waals surface area contributed by atoms with E-state index < -0.39 is 97.0 Å². The van der Waals surface area contributed by atoms with Crippen LogP contribution < -0.4 is 0 Å². The Morgan fingerprint density at radius 2 is 1.23 bits per heavy atom. The molecule has 0 N–H and O–H groups in total. The lowest BCUT2D eigenvalue weighted by Crippen LogP contribution is -2.70. The van der Waals surface area contributed by atoms with Crippen LogP contribution in [0.1, 0.15) is 169 Å². The number of hydrogen-bond acceptors (Lipinski definition) is 14. The highest BCUT2D eigenvalue weighted by molar-refractivity contribution is 5.79. The van der Waals surface area contributed by atoms with Gasteiger partial charge in [-0.15, -0.1) is 0 Å². The van der Waals surface area contributed by atoms with Crippen LogP contribution in [0.25, 0.3) is 10.4 Å². The SMILES string of the molecule is CC1C(O[C@@H]2O[C@H](C)C3O[C@@H]4OCC(OCc5ccccc5)C(OCc5ccccc5)C4OC(C)(C)OC2C3OCc2ccccc2)[C@H](OC(=O)C23CCC(C)(C)CC2C2=CC4(C)CC5C6(C)CCC[C@H](C)C(C)[C@@H]6CC[C@]54[C@]2(C)CC3)O[C@@H](COCc2ccccc2)C1N=[N+]=[N-]. The lowest BCUT2D eigenvalue weighted by molar-refractivity contribution is -0.377. The minimum Gasteiger partial charge on any atom is -0.432 e. The van der Waals surface area contributed by atoms with E-state index in [0.717, 1.165) is 59.8 Å². The summed E-state index contributed by atoms with van der Waals surface area (Å²) in [5.74, 6) is 0.471. The highest BCUT2D eigenvalue weighted by Gasteiger charge is 2.80. The van der Waals surface area contributed by atoms with Crippen LogP contribution in [-0.4, -0.2) is 105 Å². The largest absolute Gasteiger partial charge is 0.432 e. The second kappa shape index (κ2) is 27.4. The van der Waals surface area contributed by atoms with Crippen molar-refractivity contribution in [1.82, 2.24) is 0 Å². The van der Waals surface area contributed by atoms with E-state index in [-0.39, 0.29) is 65.4 Å². The highest BCUT2D eigenvalue weighted by Crippen LogP contribution is 2.87. The van der Waals surface area contributed by atoms with Gasteiger partial charge in [-0.1, -0.05) is 206 Å². The lowest BCUT2D eigenvalue weighted by atomic mass is 9.28. The molecule has 24 atom stereocenters. The molecule has 524 valence electrons. The van der Waals surface area contributed by atoms with Crippen molar-refractivity contribution in [3.8, 4) is 0 Å². The molecular weight excluding hydrogens is 1220 g/mol. The summed E-state index contributed by atoms with van der Waals surface area (Å²) in [5, 5.41) is 4.46. The smallest absolute Gasteiger partial charge is 0.315 e. The molecule has 16 heteroatoms. The van der Waals surface area contributed by atoms with Crippen LogP contribution >= 0.6 is 0 Å². The Labute approximate surface area is 575 Å². The van der Waals surface area contributed by atoms with E-state index in [0.29, 0.717) is 31.5 Å². The fourth-order valence-electron chi connectivity index (χ4n) is 21.2.